The van der Waals surface area contributed by atoms with Crippen molar-refractivity contribution in [2.45, 2.75) is 38.8 Å². The van der Waals surface area contributed by atoms with E-state index in [1.165, 1.54) is 25.8 Å². The molecule has 2 aromatic rings. The molecule has 0 amide bonds. The third-order valence-electron chi connectivity index (χ3n) is 4.50. The van der Waals surface area contributed by atoms with Crippen LogP contribution in [0, 0.1) is 0 Å². The lowest BCUT2D eigenvalue weighted by Crippen LogP contribution is -2.36. The SMILES string of the molecule is COc1ccc(-c2nc(CN3CCCCC3C)cs2)c(OC)c1. The highest BCUT2D eigenvalue weighted by Gasteiger charge is 2.20. The molecule has 0 saturated carbocycles. The van der Waals surface area contributed by atoms with Crippen LogP contribution < -0.4 is 9.47 Å². The fourth-order valence-corrected chi connectivity index (χ4v) is 3.92. The standard InChI is InChI=1S/C18H24N2O2S/c1-13-6-4-5-9-20(13)11-14-12-23-18(19-14)16-8-7-15(21-2)10-17(16)22-3/h7-8,10,12-13H,4-6,9,11H2,1-3H3. The van der Waals surface area contributed by atoms with Crippen molar-refractivity contribution in [2.24, 2.45) is 0 Å². The van der Waals surface area contributed by atoms with Crippen molar-refractivity contribution in [3.8, 4) is 22.1 Å². The van der Waals surface area contributed by atoms with E-state index in [0.29, 0.717) is 6.04 Å². The summed E-state index contributed by atoms with van der Waals surface area (Å²) in [7, 11) is 3.35. The summed E-state index contributed by atoms with van der Waals surface area (Å²) < 4.78 is 10.8. The molecule has 1 unspecified atom stereocenters. The van der Waals surface area contributed by atoms with E-state index >= 15 is 0 Å². The largest absolute Gasteiger partial charge is 0.497 e. The number of aromatic nitrogens is 1. The maximum atomic E-state index is 5.49. The Labute approximate surface area is 142 Å². The van der Waals surface area contributed by atoms with E-state index < -0.39 is 0 Å². The third-order valence-corrected chi connectivity index (χ3v) is 5.42. The summed E-state index contributed by atoms with van der Waals surface area (Å²) in [5, 5.41) is 3.17. The lowest BCUT2D eigenvalue weighted by atomic mass is 10.0. The smallest absolute Gasteiger partial charge is 0.132 e. The highest BCUT2D eigenvalue weighted by atomic mass is 32.1. The first-order valence-electron chi connectivity index (χ1n) is 8.12. The summed E-state index contributed by atoms with van der Waals surface area (Å²) in [6.07, 6.45) is 3.94. The molecule has 0 spiro atoms. The Hall–Kier alpha value is -1.59. The number of hydrogen-bond acceptors (Lipinski definition) is 5. The second-order valence-electron chi connectivity index (χ2n) is 6.03. The summed E-state index contributed by atoms with van der Waals surface area (Å²) in [5.41, 5.74) is 2.17. The molecule has 23 heavy (non-hydrogen) atoms. The number of benzene rings is 1. The summed E-state index contributed by atoms with van der Waals surface area (Å²) in [4.78, 5) is 7.36. The Morgan fingerprint density at radius 1 is 1.26 bits per heavy atom. The van der Waals surface area contributed by atoms with Gasteiger partial charge in [0.2, 0.25) is 0 Å². The minimum absolute atomic E-state index is 0.657. The third kappa shape index (κ3) is 3.67. The van der Waals surface area contributed by atoms with Crippen molar-refractivity contribution in [1.82, 2.24) is 9.88 Å². The Morgan fingerprint density at radius 2 is 2.13 bits per heavy atom. The number of likely N-dealkylation sites (tertiary alicyclic amines) is 1. The second kappa shape index (κ2) is 7.32. The first kappa shape index (κ1) is 16.3. The van der Waals surface area contributed by atoms with E-state index in [0.717, 1.165) is 34.3 Å². The molecule has 1 atom stereocenters. The van der Waals surface area contributed by atoms with Crippen molar-refractivity contribution in [3.63, 3.8) is 0 Å². The molecule has 1 fully saturated rings. The summed E-state index contributed by atoms with van der Waals surface area (Å²) >= 11 is 1.68. The van der Waals surface area contributed by atoms with Gasteiger partial charge in [0.1, 0.15) is 16.5 Å². The monoisotopic (exact) mass is 332 g/mol. The van der Waals surface area contributed by atoms with E-state index in [1.807, 2.05) is 18.2 Å². The maximum absolute atomic E-state index is 5.49. The van der Waals surface area contributed by atoms with Crippen LogP contribution in [0.25, 0.3) is 10.6 Å². The number of hydrogen-bond donors (Lipinski definition) is 0. The van der Waals surface area contributed by atoms with E-state index in [1.54, 1.807) is 25.6 Å². The van der Waals surface area contributed by atoms with E-state index in [2.05, 4.69) is 17.2 Å². The van der Waals surface area contributed by atoms with Crippen LogP contribution in [-0.4, -0.2) is 36.7 Å². The number of nitrogens with zero attached hydrogens (tertiary/aromatic N) is 2. The molecule has 124 valence electrons. The quantitative estimate of drug-likeness (QED) is 0.822. The van der Waals surface area contributed by atoms with Gasteiger partial charge in [-0.25, -0.2) is 4.98 Å². The topological polar surface area (TPSA) is 34.6 Å². The van der Waals surface area contributed by atoms with Crippen LogP contribution in [-0.2, 0) is 6.54 Å². The molecule has 1 aliphatic rings. The zero-order chi connectivity index (χ0) is 16.2. The lowest BCUT2D eigenvalue weighted by Gasteiger charge is -2.32. The second-order valence-corrected chi connectivity index (χ2v) is 6.88. The number of thiazole rings is 1. The number of methoxy groups -OCH3 is 2. The molecule has 4 nitrogen and oxygen atoms in total. The van der Waals surface area contributed by atoms with Crippen molar-refractivity contribution in [1.29, 1.82) is 0 Å². The van der Waals surface area contributed by atoms with Crippen molar-refractivity contribution >= 4 is 11.3 Å². The fraction of sp³-hybridized carbons (Fsp3) is 0.500. The molecular formula is C18H24N2O2S. The molecule has 1 aromatic carbocycles. The zero-order valence-electron chi connectivity index (χ0n) is 14.0. The van der Waals surface area contributed by atoms with Crippen LogP contribution in [0.5, 0.6) is 11.5 Å². The summed E-state index contributed by atoms with van der Waals surface area (Å²) in [6, 6.07) is 6.53. The van der Waals surface area contributed by atoms with Gasteiger partial charge in [-0.05, 0) is 38.4 Å². The van der Waals surface area contributed by atoms with Gasteiger partial charge in [-0.1, -0.05) is 6.42 Å². The van der Waals surface area contributed by atoms with Crippen molar-refractivity contribution in [2.75, 3.05) is 20.8 Å². The van der Waals surface area contributed by atoms with Crippen LogP contribution in [0.3, 0.4) is 0 Å². The Balaban J connectivity index is 1.79. The predicted octanol–water partition coefficient (Wildman–Crippen LogP) is 4.20. The molecule has 1 saturated heterocycles. The minimum atomic E-state index is 0.657. The highest BCUT2D eigenvalue weighted by molar-refractivity contribution is 7.13. The molecule has 0 bridgehead atoms. The zero-order valence-corrected chi connectivity index (χ0v) is 14.9. The van der Waals surface area contributed by atoms with Gasteiger partial charge in [0.25, 0.3) is 0 Å². The average molecular weight is 332 g/mol. The number of piperidine rings is 1. The average Bonchev–Trinajstić information content (AvgIpc) is 3.04. The van der Waals surface area contributed by atoms with Gasteiger partial charge in [-0.3, -0.25) is 4.90 Å². The molecule has 1 aromatic heterocycles. The summed E-state index contributed by atoms with van der Waals surface area (Å²) in [5.74, 6) is 1.60. The molecule has 0 N–H and O–H groups in total. The molecule has 2 heterocycles. The van der Waals surface area contributed by atoms with Gasteiger partial charge in [0.15, 0.2) is 0 Å². The Kier molecular flexibility index (Phi) is 5.18. The van der Waals surface area contributed by atoms with Crippen molar-refractivity contribution < 1.29 is 9.47 Å². The van der Waals surface area contributed by atoms with Gasteiger partial charge in [0.05, 0.1) is 25.5 Å². The van der Waals surface area contributed by atoms with Gasteiger partial charge in [-0.15, -0.1) is 11.3 Å². The first-order chi connectivity index (χ1) is 11.2. The van der Waals surface area contributed by atoms with Crippen LogP contribution >= 0.6 is 11.3 Å². The molecular weight excluding hydrogens is 308 g/mol. The van der Waals surface area contributed by atoms with Gasteiger partial charge >= 0.3 is 0 Å². The van der Waals surface area contributed by atoms with Crippen LogP contribution in [0.1, 0.15) is 31.9 Å². The maximum Gasteiger partial charge on any atom is 0.132 e. The van der Waals surface area contributed by atoms with E-state index in [4.69, 9.17) is 14.5 Å². The lowest BCUT2D eigenvalue weighted by molar-refractivity contribution is 0.151. The molecule has 3 rings (SSSR count). The van der Waals surface area contributed by atoms with Gasteiger partial charge < -0.3 is 9.47 Å². The Morgan fingerprint density at radius 3 is 2.87 bits per heavy atom. The minimum Gasteiger partial charge on any atom is -0.497 e. The van der Waals surface area contributed by atoms with Gasteiger partial charge in [0, 0.05) is 24.0 Å². The van der Waals surface area contributed by atoms with Crippen LogP contribution in [0.4, 0.5) is 0 Å². The molecule has 0 aliphatic carbocycles. The predicted molar refractivity (Wildman–Crippen MR) is 94.4 cm³/mol. The van der Waals surface area contributed by atoms with E-state index in [9.17, 15) is 0 Å². The first-order valence-corrected chi connectivity index (χ1v) is 9.00. The molecule has 5 heteroatoms. The highest BCUT2D eigenvalue weighted by Crippen LogP contribution is 2.35. The van der Waals surface area contributed by atoms with E-state index in [-0.39, 0.29) is 0 Å². The normalized spacial score (nSPS) is 18.8. The number of ether oxygens (including phenoxy) is 2. The summed E-state index contributed by atoms with van der Waals surface area (Å²) in [6.45, 7) is 4.44. The van der Waals surface area contributed by atoms with Crippen LogP contribution in [0.2, 0.25) is 0 Å². The Bertz CT molecular complexity index is 656. The van der Waals surface area contributed by atoms with Crippen LogP contribution in [0.15, 0.2) is 23.6 Å². The fourth-order valence-electron chi connectivity index (χ4n) is 3.08. The van der Waals surface area contributed by atoms with Gasteiger partial charge in [-0.2, -0.15) is 0 Å². The van der Waals surface area contributed by atoms with Crippen molar-refractivity contribution in [3.05, 3.63) is 29.3 Å². The number of rotatable bonds is 5. The molecule has 1 aliphatic heterocycles. The molecule has 0 radical (unpaired) electrons.